The van der Waals surface area contributed by atoms with Crippen LogP contribution in [0.25, 0.3) is 10.9 Å². The molecule has 0 radical (unpaired) electrons. The van der Waals surface area contributed by atoms with E-state index in [1.165, 1.54) is 10.9 Å². The number of hydrogen-bond acceptors (Lipinski definition) is 2. The van der Waals surface area contributed by atoms with Gasteiger partial charge in [0.15, 0.2) is 0 Å². The third-order valence-electron chi connectivity index (χ3n) is 5.19. The zero-order chi connectivity index (χ0) is 18.5. The molecule has 1 aromatic carbocycles. The predicted molar refractivity (Wildman–Crippen MR) is 104 cm³/mol. The molecule has 1 atom stereocenters. The van der Waals surface area contributed by atoms with Crippen molar-refractivity contribution >= 4 is 22.7 Å². The minimum Gasteiger partial charge on any atom is -0.361 e. The maximum atomic E-state index is 12.8. The second-order valence-corrected chi connectivity index (χ2v) is 7.18. The molecule has 3 rings (SSSR count). The summed E-state index contributed by atoms with van der Waals surface area (Å²) in [5.41, 5.74) is 2.35. The Balaban J connectivity index is 1.60. The van der Waals surface area contributed by atoms with Crippen LogP contribution in [0.5, 0.6) is 0 Å². The van der Waals surface area contributed by atoms with Crippen molar-refractivity contribution in [1.29, 1.82) is 0 Å². The third kappa shape index (κ3) is 3.92. The van der Waals surface area contributed by atoms with Crippen molar-refractivity contribution in [3.8, 4) is 0 Å². The number of likely N-dealkylation sites (tertiary alicyclic amines) is 1. The quantitative estimate of drug-likeness (QED) is 0.790. The Morgan fingerprint density at radius 3 is 2.69 bits per heavy atom. The average Bonchev–Trinajstić information content (AvgIpc) is 3.22. The van der Waals surface area contributed by atoms with Crippen molar-refractivity contribution in [2.75, 3.05) is 26.2 Å². The van der Waals surface area contributed by atoms with Crippen molar-refractivity contribution in [2.24, 2.45) is 5.92 Å². The molecule has 2 amide bonds. The standard InChI is InChI=1S/C21H29N3O2/c1-3-10-23(11-4-2)21(26)17-13-20(25)24(15-17)12-9-16-14-22-19-8-6-5-7-18(16)19/h5-8,14,17,22H,3-4,9-13,15H2,1-2H3/t17-/m1/s1. The minimum absolute atomic E-state index is 0.108. The fraction of sp³-hybridized carbons (Fsp3) is 0.524. The second kappa shape index (κ2) is 8.39. The summed E-state index contributed by atoms with van der Waals surface area (Å²) < 4.78 is 0. The molecule has 2 aromatic rings. The molecule has 5 nitrogen and oxygen atoms in total. The lowest BCUT2D eigenvalue weighted by atomic mass is 10.1. The highest BCUT2D eigenvalue weighted by Crippen LogP contribution is 2.23. The number of aromatic amines is 1. The number of benzene rings is 1. The number of nitrogens with one attached hydrogen (secondary N) is 1. The first kappa shape index (κ1) is 18.5. The lowest BCUT2D eigenvalue weighted by Crippen LogP contribution is -2.38. The molecule has 0 unspecified atom stereocenters. The number of aromatic nitrogens is 1. The number of para-hydroxylation sites is 1. The first-order chi connectivity index (χ1) is 12.6. The molecule has 0 saturated carbocycles. The predicted octanol–water partition coefficient (Wildman–Crippen LogP) is 3.21. The summed E-state index contributed by atoms with van der Waals surface area (Å²) in [5, 5.41) is 1.21. The number of fused-ring (bicyclic) bond motifs is 1. The summed E-state index contributed by atoms with van der Waals surface area (Å²) >= 11 is 0. The van der Waals surface area contributed by atoms with Gasteiger partial charge >= 0.3 is 0 Å². The van der Waals surface area contributed by atoms with E-state index in [1.54, 1.807) is 0 Å². The van der Waals surface area contributed by atoms with Gasteiger partial charge in [-0.25, -0.2) is 0 Å². The van der Waals surface area contributed by atoms with Gasteiger partial charge in [0.05, 0.1) is 5.92 Å². The fourth-order valence-corrected chi connectivity index (χ4v) is 3.88. The van der Waals surface area contributed by atoms with E-state index in [4.69, 9.17) is 0 Å². The van der Waals surface area contributed by atoms with E-state index in [0.29, 0.717) is 19.5 Å². The Morgan fingerprint density at radius 1 is 1.23 bits per heavy atom. The molecule has 0 aliphatic carbocycles. The van der Waals surface area contributed by atoms with Gasteiger partial charge in [0.25, 0.3) is 0 Å². The van der Waals surface area contributed by atoms with Crippen LogP contribution in [0.2, 0.25) is 0 Å². The molecule has 1 fully saturated rings. The van der Waals surface area contributed by atoms with Crippen LogP contribution in [0, 0.1) is 5.92 Å². The fourth-order valence-electron chi connectivity index (χ4n) is 3.88. The largest absolute Gasteiger partial charge is 0.361 e. The average molecular weight is 355 g/mol. The number of carbonyl (C=O) groups excluding carboxylic acids is 2. The van der Waals surface area contributed by atoms with Crippen molar-refractivity contribution in [1.82, 2.24) is 14.8 Å². The topological polar surface area (TPSA) is 56.4 Å². The Morgan fingerprint density at radius 2 is 1.96 bits per heavy atom. The molecule has 0 bridgehead atoms. The molecule has 1 saturated heterocycles. The van der Waals surface area contributed by atoms with Crippen LogP contribution in [-0.4, -0.2) is 52.8 Å². The third-order valence-corrected chi connectivity index (χ3v) is 5.19. The lowest BCUT2D eigenvalue weighted by molar-refractivity contribution is -0.136. The molecule has 1 N–H and O–H groups in total. The molecule has 140 valence electrons. The summed E-state index contributed by atoms with van der Waals surface area (Å²) in [6, 6.07) is 8.21. The smallest absolute Gasteiger partial charge is 0.227 e. The van der Waals surface area contributed by atoms with E-state index in [2.05, 4.69) is 31.0 Å². The molecule has 26 heavy (non-hydrogen) atoms. The Bertz CT molecular complexity index is 761. The van der Waals surface area contributed by atoms with Gasteiger partial charge in [0.2, 0.25) is 11.8 Å². The van der Waals surface area contributed by atoms with Gasteiger partial charge in [-0.1, -0.05) is 32.0 Å². The Hall–Kier alpha value is -2.30. The van der Waals surface area contributed by atoms with E-state index in [1.807, 2.05) is 28.1 Å². The molecular weight excluding hydrogens is 326 g/mol. The summed E-state index contributed by atoms with van der Waals surface area (Å²) in [5.74, 6) is 0.0800. The van der Waals surface area contributed by atoms with E-state index in [-0.39, 0.29) is 17.7 Å². The number of amides is 2. The van der Waals surface area contributed by atoms with Crippen LogP contribution in [0.15, 0.2) is 30.5 Å². The zero-order valence-electron chi connectivity index (χ0n) is 15.8. The van der Waals surface area contributed by atoms with Gasteiger partial charge in [0.1, 0.15) is 0 Å². The van der Waals surface area contributed by atoms with Crippen LogP contribution < -0.4 is 0 Å². The molecule has 5 heteroatoms. The van der Waals surface area contributed by atoms with Gasteiger partial charge in [-0.15, -0.1) is 0 Å². The first-order valence-electron chi connectivity index (χ1n) is 9.75. The summed E-state index contributed by atoms with van der Waals surface area (Å²) in [7, 11) is 0. The van der Waals surface area contributed by atoms with Crippen LogP contribution in [-0.2, 0) is 16.0 Å². The van der Waals surface area contributed by atoms with Crippen LogP contribution in [0.3, 0.4) is 0 Å². The van der Waals surface area contributed by atoms with E-state index < -0.39 is 0 Å². The SMILES string of the molecule is CCCN(CCC)C(=O)[C@@H]1CC(=O)N(CCc2c[nH]c3ccccc23)C1. The maximum absolute atomic E-state index is 12.8. The highest BCUT2D eigenvalue weighted by molar-refractivity contribution is 5.89. The van der Waals surface area contributed by atoms with Crippen molar-refractivity contribution in [3.63, 3.8) is 0 Å². The Labute approximate surface area is 155 Å². The molecule has 0 spiro atoms. The summed E-state index contributed by atoms with van der Waals surface area (Å²) in [4.78, 5) is 32.2. The number of H-pyrrole nitrogens is 1. The first-order valence-corrected chi connectivity index (χ1v) is 9.75. The lowest BCUT2D eigenvalue weighted by Gasteiger charge is -2.24. The molecular formula is C21H29N3O2. The summed E-state index contributed by atoms with van der Waals surface area (Å²) in [6.45, 7) is 6.97. The summed E-state index contributed by atoms with van der Waals surface area (Å²) in [6.07, 6.45) is 5.10. The van der Waals surface area contributed by atoms with Crippen LogP contribution in [0.4, 0.5) is 0 Å². The number of nitrogens with zero attached hydrogens (tertiary/aromatic N) is 2. The number of rotatable bonds is 8. The van der Waals surface area contributed by atoms with E-state index in [9.17, 15) is 9.59 Å². The Kier molecular flexibility index (Phi) is 5.96. The van der Waals surface area contributed by atoms with Gasteiger partial charge in [0, 0.05) is 49.7 Å². The van der Waals surface area contributed by atoms with Crippen molar-refractivity contribution in [3.05, 3.63) is 36.0 Å². The highest BCUT2D eigenvalue weighted by atomic mass is 16.2. The van der Waals surface area contributed by atoms with Gasteiger partial charge < -0.3 is 14.8 Å². The van der Waals surface area contributed by atoms with Crippen LogP contribution in [0.1, 0.15) is 38.7 Å². The van der Waals surface area contributed by atoms with E-state index in [0.717, 1.165) is 37.9 Å². The van der Waals surface area contributed by atoms with Gasteiger partial charge in [-0.05, 0) is 30.9 Å². The normalized spacial score (nSPS) is 17.2. The van der Waals surface area contributed by atoms with E-state index >= 15 is 0 Å². The zero-order valence-corrected chi connectivity index (χ0v) is 15.8. The molecule has 1 aliphatic heterocycles. The van der Waals surface area contributed by atoms with Crippen molar-refractivity contribution < 1.29 is 9.59 Å². The van der Waals surface area contributed by atoms with Crippen molar-refractivity contribution in [2.45, 2.75) is 39.5 Å². The molecule has 1 aromatic heterocycles. The maximum Gasteiger partial charge on any atom is 0.227 e. The monoisotopic (exact) mass is 355 g/mol. The van der Waals surface area contributed by atoms with Crippen LogP contribution >= 0.6 is 0 Å². The molecule has 1 aliphatic rings. The van der Waals surface area contributed by atoms with Gasteiger partial charge in [-0.2, -0.15) is 0 Å². The molecule has 2 heterocycles. The number of hydrogen-bond donors (Lipinski definition) is 1. The van der Waals surface area contributed by atoms with Gasteiger partial charge in [-0.3, -0.25) is 9.59 Å². The highest BCUT2D eigenvalue weighted by Gasteiger charge is 2.35. The minimum atomic E-state index is -0.177. The second-order valence-electron chi connectivity index (χ2n) is 7.18. The number of carbonyl (C=O) groups is 2.